The normalized spacial score (nSPS) is 12.8. The number of carbonyl (C=O) groups excluding carboxylic acids is 1. The van der Waals surface area contributed by atoms with Crippen molar-refractivity contribution >= 4 is 17.7 Å². The zero-order chi connectivity index (χ0) is 16.0. The zero-order valence-corrected chi connectivity index (χ0v) is 13.0. The summed E-state index contributed by atoms with van der Waals surface area (Å²) >= 11 is 0. The van der Waals surface area contributed by atoms with E-state index in [-0.39, 0.29) is 12.0 Å². The Balaban J connectivity index is 2.48. The number of nitrogens with one attached hydrogen (secondary N) is 2. The van der Waals surface area contributed by atoms with Crippen LogP contribution in [-0.4, -0.2) is 33.4 Å². The van der Waals surface area contributed by atoms with Gasteiger partial charge in [0.2, 0.25) is 0 Å². The van der Waals surface area contributed by atoms with Crippen LogP contribution in [-0.2, 0) is 11.3 Å². The molecule has 1 aromatic heterocycles. The van der Waals surface area contributed by atoms with Crippen LogP contribution in [0.4, 0.5) is 10.5 Å². The molecule has 0 spiro atoms. The van der Waals surface area contributed by atoms with E-state index in [1.54, 1.807) is 17.1 Å². The van der Waals surface area contributed by atoms with Crippen LogP contribution in [0, 0.1) is 11.3 Å². The van der Waals surface area contributed by atoms with Gasteiger partial charge in [0.1, 0.15) is 0 Å². The number of hydrogen-bond acceptors (Lipinski definition) is 3. The predicted molar refractivity (Wildman–Crippen MR) is 80.1 cm³/mol. The lowest BCUT2D eigenvalue weighted by atomic mass is 9.84. The Morgan fingerprint density at radius 2 is 2.10 bits per heavy atom. The molecule has 0 saturated heterocycles. The summed E-state index contributed by atoms with van der Waals surface area (Å²) in [5.74, 6) is -1.50. The maximum Gasteiger partial charge on any atom is 0.319 e. The van der Waals surface area contributed by atoms with Crippen LogP contribution in [0.15, 0.2) is 12.4 Å². The van der Waals surface area contributed by atoms with Gasteiger partial charge in [0.25, 0.3) is 0 Å². The summed E-state index contributed by atoms with van der Waals surface area (Å²) in [4.78, 5) is 23.0. The molecule has 2 amide bonds. The smallest absolute Gasteiger partial charge is 0.319 e. The lowest BCUT2D eigenvalue weighted by molar-refractivity contribution is -0.142. The van der Waals surface area contributed by atoms with Crippen LogP contribution >= 0.6 is 0 Å². The number of amides is 2. The molecule has 0 fully saturated rings. The number of carboxylic acids is 1. The molecule has 3 N–H and O–H groups in total. The van der Waals surface area contributed by atoms with Crippen LogP contribution < -0.4 is 10.6 Å². The van der Waals surface area contributed by atoms with Crippen LogP contribution in [0.3, 0.4) is 0 Å². The number of aromatic nitrogens is 2. The first kappa shape index (κ1) is 17.0. The van der Waals surface area contributed by atoms with Gasteiger partial charge in [-0.25, -0.2) is 4.79 Å². The van der Waals surface area contributed by atoms with Crippen molar-refractivity contribution in [3.8, 4) is 0 Å². The molecule has 1 rings (SSSR count). The number of aliphatic carboxylic acids is 1. The quantitative estimate of drug-likeness (QED) is 0.749. The van der Waals surface area contributed by atoms with Gasteiger partial charge in [0, 0.05) is 19.3 Å². The minimum Gasteiger partial charge on any atom is -0.481 e. The van der Waals surface area contributed by atoms with E-state index >= 15 is 0 Å². The van der Waals surface area contributed by atoms with Gasteiger partial charge in [-0.1, -0.05) is 20.8 Å². The molecule has 0 saturated carbocycles. The number of hydrogen-bond donors (Lipinski definition) is 3. The van der Waals surface area contributed by atoms with E-state index in [1.807, 2.05) is 27.7 Å². The van der Waals surface area contributed by atoms with Gasteiger partial charge in [0.05, 0.1) is 17.8 Å². The van der Waals surface area contributed by atoms with Gasteiger partial charge in [-0.05, 0) is 18.8 Å². The molecule has 7 heteroatoms. The summed E-state index contributed by atoms with van der Waals surface area (Å²) in [5, 5.41) is 18.5. The van der Waals surface area contributed by atoms with Crippen molar-refractivity contribution in [2.45, 2.75) is 40.7 Å². The van der Waals surface area contributed by atoms with Gasteiger partial charge < -0.3 is 15.7 Å². The monoisotopic (exact) mass is 296 g/mol. The molecule has 0 bridgehead atoms. The Hall–Kier alpha value is -2.05. The summed E-state index contributed by atoms with van der Waals surface area (Å²) in [7, 11) is 0. The molecular formula is C14H24N4O3. The first-order valence-corrected chi connectivity index (χ1v) is 7.01. The maximum atomic E-state index is 11.8. The predicted octanol–water partition coefficient (Wildman–Crippen LogP) is 2.16. The van der Waals surface area contributed by atoms with Gasteiger partial charge in [-0.2, -0.15) is 5.10 Å². The van der Waals surface area contributed by atoms with Crippen molar-refractivity contribution in [3.63, 3.8) is 0 Å². The molecule has 1 atom stereocenters. The molecular weight excluding hydrogens is 272 g/mol. The van der Waals surface area contributed by atoms with E-state index in [9.17, 15) is 14.7 Å². The van der Waals surface area contributed by atoms with Crippen molar-refractivity contribution in [2.24, 2.45) is 11.3 Å². The minimum atomic E-state index is -0.899. The largest absolute Gasteiger partial charge is 0.481 e. The van der Waals surface area contributed by atoms with Crippen LogP contribution in [0.2, 0.25) is 0 Å². The molecule has 21 heavy (non-hydrogen) atoms. The number of rotatable bonds is 6. The summed E-state index contributed by atoms with van der Waals surface area (Å²) in [6.45, 7) is 8.68. The summed E-state index contributed by atoms with van der Waals surface area (Å²) < 4.78 is 1.69. The Labute approximate surface area is 124 Å². The maximum absolute atomic E-state index is 11.8. The second kappa shape index (κ2) is 7.10. The molecule has 0 aromatic carbocycles. The highest BCUT2D eigenvalue weighted by Gasteiger charge is 2.24. The van der Waals surface area contributed by atoms with Crippen LogP contribution in [0.1, 0.15) is 34.1 Å². The summed E-state index contributed by atoms with van der Waals surface area (Å²) in [6.07, 6.45) is 3.76. The SMILES string of the molecule is CCn1cc(NC(=O)NCC(CC(C)(C)C)C(=O)O)cn1. The van der Waals surface area contributed by atoms with E-state index in [2.05, 4.69) is 15.7 Å². The molecule has 1 unspecified atom stereocenters. The highest BCUT2D eigenvalue weighted by Crippen LogP contribution is 2.24. The average molecular weight is 296 g/mol. The van der Waals surface area contributed by atoms with Crippen molar-refractivity contribution in [3.05, 3.63) is 12.4 Å². The van der Waals surface area contributed by atoms with Gasteiger partial charge in [-0.3, -0.25) is 9.48 Å². The topological polar surface area (TPSA) is 96.2 Å². The molecule has 7 nitrogen and oxygen atoms in total. The van der Waals surface area contributed by atoms with Crippen molar-refractivity contribution < 1.29 is 14.7 Å². The van der Waals surface area contributed by atoms with Crippen molar-refractivity contribution in [1.29, 1.82) is 0 Å². The third-order valence-electron chi connectivity index (χ3n) is 2.93. The molecule has 118 valence electrons. The number of aryl methyl sites for hydroxylation is 1. The highest BCUT2D eigenvalue weighted by molar-refractivity contribution is 5.89. The van der Waals surface area contributed by atoms with Gasteiger partial charge in [0.15, 0.2) is 0 Å². The lowest BCUT2D eigenvalue weighted by Crippen LogP contribution is -2.37. The molecule has 0 aliphatic heterocycles. The Morgan fingerprint density at radius 3 is 2.57 bits per heavy atom. The van der Waals surface area contributed by atoms with E-state index in [4.69, 9.17) is 0 Å². The van der Waals surface area contributed by atoms with Crippen LogP contribution in [0.25, 0.3) is 0 Å². The average Bonchev–Trinajstić information content (AvgIpc) is 2.80. The van der Waals surface area contributed by atoms with Gasteiger partial charge in [-0.15, -0.1) is 0 Å². The van der Waals surface area contributed by atoms with Crippen molar-refractivity contribution in [2.75, 3.05) is 11.9 Å². The van der Waals surface area contributed by atoms with E-state index < -0.39 is 17.9 Å². The standard InChI is InChI=1S/C14H24N4O3/c1-5-18-9-11(8-16-18)17-13(21)15-7-10(12(19)20)6-14(2,3)4/h8-10H,5-7H2,1-4H3,(H,19,20)(H2,15,17,21). The van der Waals surface area contributed by atoms with E-state index in [0.29, 0.717) is 12.1 Å². The lowest BCUT2D eigenvalue weighted by Gasteiger charge is -2.23. The number of urea groups is 1. The van der Waals surface area contributed by atoms with Gasteiger partial charge >= 0.3 is 12.0 Å². The first-order valence-electron chi connectivity index (χ1n) is 7.01. The van der Waals surface area contributed by atoms with Crippen LogP contribution in [0.5, 0.6) is 0 Å². The fourth-order valence-corrected chi connectivity index (χ4v) is 1.98. The molecule has 1 heterocycles. The molecule has 0 radical (unpaired) electrons. The highest BCUT2D eigenvalue weighted by atomic mass is 16.4. The fraction of sp³-hybridized carbons (Fsp3) is 0.643. The molecule has 0 aliphatic rings. The summed E-state index contributed by atoms with van der Waals surface area (Å²) in [6, 6.07) is -0.425. The Bertz CT molecular complexity index is 491. The second-order valence-electron chi connectivity index (χ2n) is 6.22. The Morgan fingerprint density at radius 1 is 1.43 bits per heavy atom. The summed E-state index contributed by atoms with van der Waals surface area (Å²) in [5.41, 5.74) is 0.473. The third kappa shape index (κ3) is 6.29. The first-order chi connectivity index (χ1) is 9.71. The minimum absolute atomic E-state index is 0.0976. The van der Waals surface area contributed by atoms with E-state index in [0.717, 1.165) is 6.54 Å². The Kier molecular flexibility index (Phi) is 5.75. The second-order valence-corrected chi connectivity index (χ2v) is 6.22. The number of carbonyl (C=O) groups is 2. The molecule has 1 aromatic rings. The number of nitrogens with zero attached hydrogens (tertiary/aromatic N) is 2. The fourth-order valence-electron chi connectivity index (χ4n) is 1.98. The number of anilines is 1. The van der Waals surface area contributed by atoms with Crippen molar-refractivity contribution in [1.82, 2.24) is 15.1 Å². The molecule has 0 aliphatic carbocycles. The van der Waals surface area contributed by atoms with E-state index in [1.165, 1.54) is 0 Å². The number of carboxylic acid groups (broad SMARTS) is 1. The zero-order valence-electron chi connectivity index (χ0n) is 13.0. The third-order valence-corrected chi connectivity index (χ3v) is 2.93.